The monoisotopic (exact) mass is 416 g/mol. The van der Waals surface area contributed by atoms with Gasteiger partial charge >= 0.3 is 0 Å². The Hall–Kier alpha value is -2.50. The quantitative estimate of drug-likeness (QED) is 0.540. The molecular weight excluding hydrogens is 398 g/mol. The van der Waals surface area contributed by atoms with Crippen LogP contribution in [0.15, 0.2) is 65.8 Å². The first-order valence-corrected chi connectivity index (χ1v) is 9.47. The Balaban J connectivity index is 0.00000225. The number of rotatable bonds is 3. The number of halogens is 3. The van der Waals surface area contributed by atoms with E-state index in [2.05, 4.69) is 11.4 Å². The molecule has 1 atom stereocenters. The van der Waals surface area contributed by atoms with Crippen LogP contribution in [0, 0.1) is 25.5 Å². The highest BCUT2D eigenvalue weighted by molar-refractivity contribution is 7.12. The van der Waals surface area contributed by atoms with E-state index in [0.29, 0.717) is 17.0 Å². The van der Waals surface area contributed by atoms with Crippen molar-refractivity contribution in [2.45, 2.75) is 19.9 Å². The fraction of sp³-hybridized carbons (Fsp3) is 0.136. The van der Waals surface area contributed by atoms with Crippen LogP contribution in [0.4, 0.5) is 8.78 Å². The zero-order valence-corrected chi connectivity index (χ0v) is 17.0. The van der Waals surface area contributed by atoms with Gasteiger partial charge < -0.3 is 5.32 Å². The van der Waals surface area contributed by atoms with Crippen LogP contribution in [0.3, 0.4) is 0 Å². The van der Waals surface area contributed by atoms with Gasteiger partial charge in [0.15, 0.2) is 0 Å². The molecular formula is C22H19ClF2N2S. The molecule has 0 spiro atoms. The SMILES string of the molecule is Cc1cc(C2N=C(c3ccccc3F)NC=C2c2ccccc2F)c(C)s1.Cl. The number of hydrogen-bond acceptors (Lipinski definition) is 3. The van der Waals surface area contributed by atoms with E-state index in [1.807, 2.05) is 13.8 Å². The van der Waals surface area contributed by atoms with E-state index in [1.165, 1.54) is 12.1 Å². The molecule has 0 aliphatic carbocycles. The minimum atomic E-state index is -0.400. The van der Waals surface area contributed by atoms with Gasteiger partial charge in [-0.1, -0.05) is 30.3 Å². The average Bonchev–Trinajstić information content (AvgIpc) is 3.00. The molecule has 28 heavy (non-hydrogen) atoms. The highest BCUT2D eigenvalue weighted by atomic mass is 35.5. The molecule has 1 N–H and O–H groups in total. The first-order valence-electron chi connectivity index (χ1n) is 8.65. The Morgan fingerprint density at radius 3 is 2.11 bits per heavy atom. The van der Waals surface area contributed by atoms with Crippen molar-refractivity contribution in [1.82, 2.24) is 5.32 Å². The van der Waals surface area contributed by atoms with Gasteiger partial charge in [-0.2, -0.15) is 0 Å². The van der Waals surface area contributed by atoms with Gasteiger partial charge in [-0.3, -0.25) is 4.99 Å². The predicted octanol–water partition coefficient (Wildman–Crippen LogP) is 6.20. The van der Waals surface area contributed by atoms with E-state index < -0.39 is 6.04 Å². The van der Waals surface area contributed by atoms with E-state index in [0.717, 1.165) is 20.9 Å². The van der Waals surface area contributed by atoms with Gasteiger partial charge in [-0.25, -0.2) is 8.78 Å². The molecule has 4 rings (SSSR count). The highest BCUT2D eigenvalue weighted by Crippen LogP contribution is 2.40. The van der Waals surface area contributed by atoms with E-state index in [4.69, 9.17) is 4.99 Å². The minimum Gasteiger partial charge on any atom is -0.346 e. The number of benzene rings is 2. The van der Waals surface area contributed by atoms with Gasteiger partial charge in [0.2, 0.25) is 0 Å². The number of nitrogens with one attached hydrogen (secondary N) is 1. The molecule has 3 aromatic rings. The maximum absolute atomic E-state index is 14.5. The number of hydrogen-bond donors (Lipinski definition) is 1. The Labute approximate surface area is 173 Å². The van der Waals surface area contributed by atoms with Crippen molar-refractivity contribution in [3.05, 3.63) is 98.9 Å². The third kappa shape index (κ3) is 3.73. The third-order valence-corrected chi connectivity index (χ3v) is 5.59. The summed E-state index contributed by atoms with van der Waals surface area (Å²) in [4.78, 5) is 7.08. The lowest BCUT2D eigenvalue weighted by molar-refractivity contribution is 0.620. The normalized spacial score (nSPS) is 15.9. The predicted molar refractivity (Wildman–Crippen MR) is 114 cm³/mol. The van der Waals surface area contributed by atoms with Crippen LogP contribution >= 0.6 is 23.7 Å². The van der Waals surface area contributed by atoms with Gasteiger partial charge in [0.05, 0.1) is 5.56 Å². The van der Waals surface area contributed by atoms with Crippen molar-refractivity contribution in [2.75, 3.05) is 0 Å². The van der Waals surface area contributed by atoms with Crippen LogP contribution in [-0.2, 0) is 0 Å². The van der Waals surface area contributed by atoms with Crippen molar-refractivity contribution in [2.24, 2.45) is 4.99 Å². The van der Waals surface area contributed by atoms with Crippen molar-refractivity contribution in [1.29, 1.82) is 0 Å². The molecule has 0 radical (unpaired) electrons. The molecule has 1 unspecified atom stereocenters. The third-order valence-electron chi connectivity index (χ3n) is 4.60. The largest absolute Gasteiger partial charge is 0.346 e. The van der Waals surface area contributed by atoms with Crippen LogP contribution in [0.2, 0.25) is 0 Å². The number of aryl methyl sites for hydroxylation is 2. The fourth-order valence-corrected chi connectivity index (χ4v) is 4.30. The summed E-state index contributed by atoms with van der Waals surface area (Å²) in [6.45, 7) is 4.07. The van der Waals surface area contributed by atoms with E-state index in [1.54, 1.807) is 53.9 Å². The number of nitrogens with zero attached hydrogens (tertiary/aromatic N) is 1. The molecule has 1 aromatic heterocycles. The van der Waals surface area contributed by atoms with Crippen LogP contribution < -0.4 is 5.32 Å². The second kappa shape index (κ2) is 8.25. The molecule has 2 heterocycles. The van der Waals surface area contributed by atoms with Gasteiger partial charge in [0, 0.05) is 27.1 Å². The maximum atomic E-state index is 14.5. The zero-order chi connectivity index (χ0) is 19.0. The average molecular weight is 417 g/mol. The fourth-order valence-electron chi connectivity index (χ4n) is 3.34. The Morgan fingerprint density at radius 2 is 1.54 bits per heavy atom. The topological polar surface area (TPSA) is 24.4 Å². The molecule has 1 aliphatic heterocycles. The molecule has 144 valence electrons. The minimum absolute atomic E-state index is 0. The summed E-state index contributed by atoms with van der Waals surface area (Å²) in [7, 11) is 0. The van der Waals surface area contributed by atoms with Crippen molar-refractivity contribution < 1.29 is 8.78 Å². The van der Waals surface area contributed by atoms with Crippen LogP contribution in [0.5, 0.6) is 0 Å². The van der Waals surface area contributed by atoms with Crippen molar-refractivity contribution in [3.63, 3.8) is 0 Å². The summed E-state index contributed by atoms with van der Waals surface area (Å²) < 4.78 is 28.8. The first kappa shape index (κ1) is 20.2. The summed E-state index contributed by atoms with van der Waals surface area (Å²) in [5, 5.41) is 3.06. The molecule has 0 amide bonds. The van der Waals surface area contributed by atoms with Crippen molar-refractivity contribution in [3.8, 4) is 0 Å². The van der Waals surface area contributed by atoms with Crippen LogP contribution in [0.1, 0.15) is 32.5 Å². The summed E-state index contributed by atoms with van der Waals surface area (Å²) in [6.07, 6.45) is 1.74. The van der Waals surface area contributed by atoms with Gasteiger partial charge in [0.1, 0.15) is 23.5 Å². The molecule has 2 aromatic carbocycles. The highest BCUT2D eigenvalue weighted by Gasteiger charge is 2.27. The molecule has 2 nitrogen and oxygen atoms in total. The lowest BCUT2D eigenvalue weighted by atomic mass is 9.92. The molecule has 0 saturated carbocycles. The van der Waals surface area contributed by atoms with E-state index in [-0.39, 0.29) is 24.0 Å². The molecule has 0 fully saturated rings. The first-order chi connectivity index (χ1) is 13.0. The summed E-state index contributed by atoms with van der Waals surface area (Å²) in [5.74, 6) is -0.199. The number of thiophene rings is 1. The number of amidine groups is 1. The summed E-state index contributed by atoms with van der Waals surface area (Å²) in [6, 6.07) is 14.8. The van der Waals surface area contributed by atoms with E-state index >= 15 is 0 Å². The Kier molecular flexibility index (Phi) is 5.96. The molecule has 6 heteroatoms. The van der Waals surface area contributed by atoms with Gasteiger partial charge in [-0.15, -0.1) is 23.7 Å². The second-order valence-corrected chi connectivity index (χ2v) is 7.91. The Bertz CT molecular complexity index is 1070. The Morgan fingerprint density at radius 1 is 0.929 bits per heavy atom. The van der Waals surface area contributed by atoms with Gasteiger partial charge in [0.25, 0.3) is 0 Å². The van der Waals surface area contributed by atoms with Crippen LogP contribution in [-0.4, -0.2) is 5.84 Å². The number of aliphatic imine (C=N–C) groups is 1. The molecule has 1 aliphatic rings. The molecule has 0 saturated heterocycles. The standard InChI is InChI=1S/C22H18F2N2S.ClH/c1-13-11-17(14(2)27-13)21-18(15-7-3-5-9-19(15)23)12-25-22(26-21)16-8-4-6-10-20(16)24;/h3-12,21H,1-2H3,(H,25,26);1H. The zero-order valence-electron chi connectivity index (χ0n) is 15.4. The van der Waals surface area contributed by atoms with Crippen LogP contribution in [0.25, 0.3) is 5.57 Å². The second-order valence-electron chi connectivity index (χ2n) is 6.45. The van der Waals surface area contributed by atoms with Gasteiger partial charge in [-0.05, 0) is 43.7 Å². The smallest absolute Gasteiger partial charge is 0.136 e. The maximum Gasteiger partial charge on any atom is 0.136 e. The lowest BCUT2D eigenvalue weighted by Crippen LogP contribution is -2.26. The summed E-state index contributed by atoms with van der Waals surface area (Å²) in [5.41, 5.74) is 2.64. The van der Waals surface area contributed by atoms with E-state index in [9.17, 15) is 8.78 Å². The molecule has 0 bridgehead atoms. The van der Waals surface area contributed by atoms with Crippen molar-refractivity contribution >= 4 is 35.2 Å². The summed E-state index contributed by atoms with van der Waals surface area (Å²) >= 11 is 1.68. The lowest BCUT2D eigenvalue weighted by Gasteiger charge is -2.24.